The number of piperidine rings is 1. The predicted octanol–water partition coefficient (Wildman–Crippen LogP) is 2.82. The first-order valence-electron chi connectivity index (χ1n) is 8.55. The van der Waals surface area contributed by atoms with Gasteiger partial charge in [-0.15, -0.1) is 0 Å². The summed E-state index contributed by atoms with van der Waals surface area (Å²) in [7, 11) is 0. The van der Waals surface area contributed by atoms with E-state index in [1.807, 2.05) is 0 Å². The first kappa shape index (κ1) is 14.9. The van der Waals surface area contributed by atoms with Gasteiger partial charge in [-0.05, 0) is 44.7 Å². The van der Waals surface area contributed by atoms with Crippen LogP contribution in [0.25, 0.3) is 0 Å². The van der Waals surface area contributed by atoms with Crippen molar-refractivity contribution in [3.05, 3.63) is 29.8 Å². The minimum Gasteiger partial charge on any atom is -0.370 e. The van der Waals surface area contributed by atoms with Crippen LogP contribution >= 0.6 is 0 Å². The van der Waals surface area contributed by atoms with Gasteiger partial charge in [0, 0.05) is 36.9 Å². The van der Waals surface area contributed by atoms with Crippen molar-refractivity contribution in [1.29, 1.82) is 0 Å². The summed E-state index contributed by atoms with van der Waals surface area (Å²) in [6.45, 7) is 4.44. The van der Waals surface area contributed by atoms with Gasteiger partial charge in [-0.25, -0.2) is 0 Å². The molecule has 3 nitrogen and oxygen atoms in total. The molecule has 1 saturated carbocycles. The third-order valence-corrected chi connectivity index (χ3v) is 5.09. The quantitative estimate of drug-likeness (QED) is 0.898. The van der Waals surface area contributed by atoms with Crippen molar-refractivity contribution >= 4 is 5.69 Å². The van der Waals surface area contributed by atoms with Crippen molar-refractivity contribution in [3.8, 4) is 0 Å². The Bertz CT molecular complexity index is 442. The number of hydrogen-bond acceptors (Lipinski definition) is 3. The smallest absolute Gasteiger partial charge is 0.0366 e. The predicted molar refractivity (Wildman–Crippen MR) is 89.8 cm³/mol. The molecular weight excluding hydrogens is 258 g/mol. The molecular formula is C18H29N3. The van der Waals surface area contributed by atoms with E-state index in [0.717, 1.165) is 6.54 Å². The first-order valence-corrected chi connectivity index (χ1v) is 8.55. The molecule has 2 aliphatic rings. The highest BCUT2D eigenvalue weighted by molar-refractivity contribution is 5.48. The molecule has 3 unspecified atom stereocenters. The van der Waals surface area contributed by atoms with Crippen LogP contribution in [-0.2, 0) is 0 Å². The third kappa shape index (κ3) is 3.78. The van der Waals surface area contributed by atoms with Crippen LogP contribution in [0.3, 0.4) is 0 Å². The molecule has 21 heavy (non-hydrogen) atoms. The second kappa shape index (κ2) is 6.80. The Hall–Kier alpha value is -1.06. The lowest BCUT2D eigenvalue weighted by molar-refractivity contribution is 0.282. The molecule has 1 aliphatic heterocycles. The van der Waals surface area contributed by atoms with Crippen LogP contribution in [0.4, 0.5) is 5.69 Å². The van der Waals surface area contributed by atoms with E-state index >= 15 is 0 Å². The fraction of sp³-hybridized carbons (Fsp3) is 0.667. The molecule has 0 radical (unpaired) electrons. The number of hydrogen-bond donors (Lipinski definition) is 2. The van der Waals surface area contributed by atoms with Crippen LogP contribution in [0, 0.1) is 6.92 Å². The Labute approximate surface area is 128 Å². The van der Waals surface area contributed by atoms with Crippen LogP contribution in [-0.4, -0.2) is 31.2 Å². The lowest BCUT2D eigenvalue weighted by Gasteiger charge is -2.39. The average Bonchev–Trinajstić information content (AvgIpc) is 2.51. The first-order chi connectivity index (χ1) is 10.2. The summed E-state index contributed by atoms with van der Waals surface area (Å²) in [5, 5.41) is 3.85. The van der Waals surface area contributed by atoms with Crippen LogP contribution < -0.4 is 16.0 Å². The fourth-order valence-electron chi connectivity index (χ4n) is 3.77. The van der Waals surface area contributed by atoms with Gasteiger partial charge in [0.1, 0.15) is 0 Å². The zero-order chi connectivity index (χ0) is 14.7. The molecule has 3 rings (SSSR count). The molecule has 3 atom stereocenters. The molecule has 3 N–H and O–H groups in total. The molecule has 1 saturated heterocycles. The maximum Gasteiger partial charge on any atom is 0.0366 e. The molecule has 1 aliphatic carbocycles. The van der Waals surface area contributed by atoms with Crippen LogP contribution in [0.15, 0.2) is 24.3 Å². The lowest BCUT2D eigenvalue weighted by atomic mass is 9.89. The van der Waals surface area contributed by atoms with E-state index in [4.69, 9.17) is 5.73 Å². The SMILES string of the molecule is Cc1ccc(N2CCCC(NC3CCCCC3N)C2)cc1. The van der Waals surface area contributed by atoms with E-state index < -0.39 is 0 Å². The largest absolute Gasteiger partial charge is 0.370 e. The highest BCUT2D eigenvalue weighted by Gasteiger charge is 2.27. The molecule has 3 heteroatoms. The highest BCUT2D eigenvalue weighted by Crippen LogP contribution is 2.23. The molecule has 0 bridgehead atoms. The van der Waals surface area contributed by atoms with Gasteiger partial charge in [0.15, 0.2) is 0 Å². The molecule has 0 amide bonds. The van der Waals surface area contributed by atoms with E-state index in [-0.39, 0.29) is 0 Å². The number of benzene rings is 1. The lowest BCUT2D eigenvalue weighted by Crippen LogP contribution is -2.55. The van der Waals surface area contributed by atoms with Gasteiger partial charge in [0.2, 0.25) is 0 Å². The molecule has 0 aromatic heterocycles. The van der Waals surface area contributed by atoms with Gasteiger partial charge < -0.3 is 16.0 Å². The van der Waals surface area contributed by atoms with E-state index in [1.165, 1.54) is 56.3 Å². The van der Waals surface area contributed by atoms with E-state index in [1.54, 1.807) is 0 Å². The molecule has 1 heterocycles. The summed E-state index contributed by atoms with van der Waals surface area (Å²) in [5.41, 5.74) is 8.98. The fourth-order valence-corrected chi connectivity index (χ4v) is 3.77. The van der Waals surface area contributed by atoms with Crippen molar-refractivity contribution in [2.24, 2.45) is 5.73 Å². The van der Waals surface area contributed by atoms with Gasteiger partial charge in [-0.1, -0.05) is 30.5 Å². The Morgan fingerprint density at radius 1 is 1.05 bits per heavy atom. The Balaban J connectivity index is 1.59. The Morgan fingerprint density at radius 2 is 1.81 bits per heavy atom. The number of anilines is 1. The van der Waals surface area contributed by atoms with Gasteiger partial charge in [-0.3, -0.25) is 0 Å². The van der Waals surface area contributed by atoms with Gasteiger partial charge >= 0.3 is 0 Å². The van der Waals surface area contributed by atoms with Crippen LogP contribution in [0.5, 0.6) is 0 Å². The number of nitrogens with one attached hydrogen (secondary N) is 1. The summed E-state index contributed by atoms with van der Waals surface area (Å²) < 4.78 is 0. The number of rotatable bonds is 3. The van der Waals surface area contributed by atoms with Gasteiger partial charge in [0.05, 0.1) is 0 Å². The van der Waals surface area contributed by atoms with Crippen LogP contribution in [0.1, 0.15) is 44.1 Å². The molecule has 1 aromatic rings. The summed E-state index contributed by atoms with van der Waals surface area (Å²) in [5.74, 6) is 0. The van der Waals surface area contributed by atoms with Crippen molar-refractivity contribution < 1.29 is 0 Å². The summed E-state index contributed by atoms with van der Waals surface area (Å²) in [4.78, 5) is 2.52. The normalized spacial score (nSPS) is 30.4. The van der Waals surface area contributed by atoms with E-state index in [9.17, 15) is 0 Å². The number of nitrogens with zero attached hydrogens (tertiary/aromatic N) is 1. The topological polar surface area (TPSA) is 41.3 Å². The monoisotopic (exact) mass is 287 g/mol. The van der Waals surface area contributed by atoms with Crippen molar-refractivity contribution in [2.75, 3.05) is 18.0 Å². The minimum atomic E-state index is 0.355. The maximum atomic E-state index is 6.28. The van der Waals surface area contributed by atoms with Gasteiger partial charge in [-0.2, -0.15) is 0 Å². The highest BCUT2D eigenvalue weighted by atomic mass is 15.2. The molecule has 116 valence electrons. The van der Waals surface area contributed by atoms with Crippen LogP contribution in [0.2, 0.25) is 0 Å². The van der Waals surface area contributed by atoms with E-state index in [0.29, 0.717) is 18.1 Å². The molecule has 2 fully saturated rings. The number of nitrogens with two attached hydrogens (primary N) is 1. The molecule has 0 spiro atoms. The maximum absolute atomic E-state index is 6.28. The average molecular weight is 287 g/mol. The van der Waals surface area contributed by atoms with Crippen molar-refractivity contribution in [2.45, 2.75) is 63.6 Å². The molecule has 1 aromatic carbocycles. The zero-order valence-corrected chi connectivity index (χ0v) is 13.2. The van der Waals surface area contributed by atoms with Crippen molar-refractivity contribution in [1.82, 2.24) is 5.32 Å². The third-order valence-electron chi connectivity index (χ3n) is 5.09. The second-order valence-corrected chi connectivity index (χ2v) is 6.84. The summed E-state index contributed by atoms with van der Waals surface area (Å²) in [6.07, 6.45) is 7.63. The number of aryl methyl sites for hydroxylation is 1. The Kier molecular flexibility index (Phi) is 4.81. The summed E-state index contributed by atoms with van der Waals surface area (Å²) >= 11 is 0. The minimum absolute atomic E-state index is 0.355. The van der Waals surface area contributed by atoms with Crippen molar-refractivity contribution in [3.63, 3.8) is 0 Å². The van der Waals surface area contributed by atoms with E-state index in [2.05, 4.69) is 41.4 Å². The van der Waals surface area contributed by atoms with Gasteiger partial charge in [0.25, 0.3) is 0 Å². The Morgan fingerprint density at radius 3 is 2.57 bits per heavy atom. The second-order valence-electron chi connectivity index (χ2n) is 6.84. The standard InChI is InChI=1S/C18H29N3/c1-14-8-10-16(11-9-14)21-12-4-5-15(13-21)20-18-7-3-2-6-17(18)19/h8-11,15,17-18,20H,2-7,12-13,19H2,1H3. The summed E-state index contributed by atoms with van der Waals surface area (Å²) in [6, 6.07) is 10.4. The zero-order valence-electron chi connectivity index (χ0n) is 13.2.